The molecule has 0 bridgehead atoms. The first-order chi connectivity index (χ1) is 9.15. The first kappa shape index (κ1) is 11.6. The van der Waals surface area contributed by atoms with E-state index in [1.807, 2.05) is 12.1 Å². The molecule has 0 N–H and O–H groups in total. The van der Waals surface area contributed by atoms with Crippen LogP contribution in [0.4, 0.5) is 5.69 Å². The van der Waals surface area contributed by atoms with Crippen LogP contribution in [0.1, 0.15) is 0 Å². The molecule has 0 atom stereocenters. The summed E-state index contributed by atoms with van der Waals surface area (Å²) in [7, 11) is 0. The van der Waals surface area contributed by atoms with Crippen LogP contribution in [0.25, 0.3) is 17.0 Å². The molecule has 0 saturated heterocycles. The summed E-state index contributed by atoms with van der Waals surface area (Å²) < 4.78 is 1.79. The fourth-order valence-electron chi connectivity index (χ4n) is 1.88. The zero-order valence-electron chi connectivity index (χ0n) is 9.52. The molecule has 7 heteroatoms. The zero-order valence-corrected chi connectivity index (χ0v) is 10.3. The smallest absolute Gasteiger partial charge is 0.274 e. The average molecular weight is 275 g/mol. The molecule has 3 heterocycles. The maximum Gasteiger partial charge on any atom is 0.274 e. The van der Waals surface area contributed by atoms with Crippen molar-refractivity contribution in [3.05, 3.63) is 58.0 Å². The molecule has 0 aliphatic rings. The van der Waals surface area contributed by atoms with E-state index in [-0.39, 0.29) is 10.8 Å². The van der Waals surface area contributed by atoms with Gasteiger partial charge in [-0.25, -0.2) is 9.97 Å². The summed E-state index contributed by atoms with van der Waals surface area (Å²) in [5.41, 5.74) is 1.78. The number of aromatic nitrogens is 3. The van der Waals surface area contributed by atoms with Crippen molar-refractivity contribution in [3.63, 3.8) is 0 Å². The van der Waals surface area contributed by atoms with Crippen molar-refractivity contribution in [3.8, 4) is 11.4 Å². The van der Waals surface area contributed by atoms with Crippen LogP contribution in [-0.2, 0) is 0 Å². The van der Waals surface area contributed by atoms with Crippen LogP contribution in [0.3, 0.4) is 0 Å². The van der Waals surface area contributed by atoms with Gasteiger partial charge in [0.15, 0.2) is 0 Å². The van der Waals surface area contributed by atoms with Crippen molar-refractivity contribution >= 4 is 22.9 Å². The Kier molecular flexibility index (Phi) is 2.64. The molecule has 3 rings (SSSR count). The summed E-state index contributed by atoms with van der Waals surface area (Å²) in [4.78, 5) is 18.6. The summed E-state index contributed by atoms with van der Waals surface area (Å²) in [6, 6.07) is 8.06. The zero-order chi connectivity index (χ0) is 13.4. The van der Waals surface area contributed by atoms with E-state index in [2.05, 4.69) is 9.97 Å². The number of halogens is 1. The first-order valence-corrected chi connectivity index (χ1v) is 5.77. The molecule has 0 spiro atoms. The maximum absolute atomic E-state index is 10.9. The molecule has 3 aromatic heterocycles. The predicted molar refractivity (Wildman–Crippen MR) is 70.1 cm³/mol. The number of nitro groups is 1. The maximum atomic E-state index is 10.9. The van der Waals surface area contributed by atoms with E-state index >= 15 is 0 Å². The van der Waals surface area contributed by atoms with Crippen LogP contribution >= 0.6 is 11.6 Å². The van der Waals surface area contributed by atoms with E-state index in [9.17, 15) is 10.1 Å². The second-order valence-corrected chi connectivity index (χ2v) is 4.24. The van der Waals surface area contributed by atoms with E-state index in [0.29, 0.717) is 11.4 Å². The largest absolute Gasteiger partial charge is 0.298 e. The standard InChI is InChI=1S/C12H7ClN4O2/c13-11-7-8(17(18)19)6-9(15-11)10-2-1-3-12-14-4-5-16(10)12/h1-7H. The van der Waals surface area contributed by atoms with Gasteiger partial charge in [-0.15, -0.1) is 0 Å². The number of pyridine rings is 2. The van der Waals surface area contributed by atoms with Gasteiger partial charge in [0.05, 0.1) is 22.4 Å². The Hall–Kier alpha value is -2.47. The quantitative estimate of drug-likeness (QED) is 0.409. The van der Waals surface area contributed by atoms with Crippen LogP contribution in [0.5, 0.6) is 0 Å². The monoisotopic (exact) mass is 274 g/mol. The van der Waals surface area contributed by atoms with Crippen LogP contribution in [-0.4, -0.2) is 19.3 Å². The molecule has 3 aromatic rings. The van der Waals surface area contributed by atoms with Gasteiger partial charge in [0.25, 0.3) is 5.69 Å². The third-order valence-corrected chi connectivity index (χ3v) is 2.87. The molecule has 19 heavy (non-hydrogen) atoms. The summed E-state index contributed by atoms with van der Waals surface area (Å²) in [6.07, 6.45) is 3.41. The fourth-order valence-corrected chi connectivity index (χ4v) is 2.08. The Morgan fingerprint density at radius 1 is 1.32 bits per heavy atom. The van der Waals surface area contributed by atoms with E-state index < -0.39 is 4.92 Å². The van der Waals surface area contributed by atoms with Gasteiger partial charge in [-0.1, -0.05) is 17.7 Å². The van der Waals surface area contributed by atoms with Gasteiger partial charge in [-0.3, -0.25) is 14.5 Å². The van der Waals surface area contributed by atoms with Crippen LogP contribution in [0.15, 0.2) is 42.7 Å². The lowest BCUT2D eigenvalue weighted by atomic mass is 10.2. The minimum Gasteiger partial charge on any atom is -0.298 e. The number of hydrogen-bond acceptors (Lipinski definition) is 4. The van der Waals surface area contributed by atoms with Gasteiger partial charge in [-0.05, 0) is 12.1 Å². The number of hydrogen-bond donors (Lipinski definition) is 0. The summed E-state index contributed by atoms with van der Waals surface area (Å²) in [5.74, 6) is 0. The highest BCUT2D eigenvalue weighted by Gasteiger charge is 2.13. The van der Waals surface area contributed by atoms with Gasteiger partial charge >= 0.3 is 0 Å². The van der Waals surface area contributed by atoms with E-state index in [1.54, 1.807) is 22.9 Å². The van der Waals surface area contributed by atoms with Gasteiger partial charge in [0, 0.05) is 18.5 Å². The highest BCUT2D eigenvalue weighted by molar-refractivity contribution is 6.29. The van der Waals surface area contributed by atoms with Crippen molar-refractivity contribution in [1.82, 2.24) is 14.4 Å². The molecule has 0 aliphatic heterocycles. The fraction of sp³-hybridized carbons (Fsp3) is 0. The summed E-state index contributed by atoms with van der Waals surface area (Å²) in [5, 5.41) is 10.9. The van der Waals surface area contributed by atoms with E-state index in [1.165, 1.54) is 12.1 Å². The van der Waals surface area contributed by atoms with Gasteiger partial charge in [-0.2, -0.15) is 0 Å². The highest BCUT2D eigenvalue weighted by atomic mass is 35.5. The number of rotatable bonds is 2. The van der Waals surface area contributed by atoms with Crippen molar-refractivity contribution in [2.45, 2.75) is 0 Å². The number of fused-ring (bicyclic) bond motifs is 1. The molecular formula is C12H7ClN4O2. The molecular weight excluding hydrogens is 268 g/mol. The van der Waals surface area contributed by atoms with E-state index in [0.717, 1.165) is 5.65 Å². The van der Waals surface area contributed by atoms with Crippen LogP contribution in [0.2, 0.25) is 5.15 Å². The SMILES string of the molecule is O=[N+]([O-])c1cc(Cl)nc(-c2cccc3nccn23)c1. The number of imidazole rings is 1. The predicted octanol–water partition coefficient (Wildman–Crippen LogP) is 2.96. The molecule has 0 saturated carbocycles. The lowest BCUT2D eigenvalue weighted by molar-refractivity contribution is -0.384. The Morgan fingerprint density at radius 2 is 2.16 bits per heavy atom. The molecule has 0 amide bonds. The van der Waals surface area contributed by atoms with Crippen molar-refractivity contribution in [1.29, 1.82) is 0 Å². The molecule has 0 aromatic carbocycles. The van der Waals surface area contributed by atoms with Gasteiger partial charge in [0.2, 0.25) is 0 Å². The third kappa shape index (κ3) is 2.02. The Balaban J connectivity index is 2.26. The van der Waals surface area contributed by atoms with Gasteiger partial charge in [0.1, 0.15) is 10.8 Å². The molecule has 0 fully saturated rings. The van der Waals surface area contributed by atoms with Crippen molar-refractivity contribution < 1.29 is 4.92 Å². The topological polar surface area (TPSA) is 73.3 Å². The summed E-state index contributed by atoms with van der Waals surface area (Å²) in [6.45, 7) is 0. The van der Waals surface area contributed by atoms with Crippen molar-refractivity contribution in [2.24, 2.45) is 0 Å². The molecule has 0 unspecified atom stereocenters. The second-order valence-electron chi connectivity index (χ2n) is 3.86. The second kappa shape index (κ2) is 4.33. The molecule has 6 nitrogen and oxygen atoms in total. The van der Waals surface area contributed by atoms with Crippen molar-refractivity contribution in [2.75, 3.05) is 0 Å². The number of nitrogens with zero attached hydrogens (tertiary/aromatic N) is 4. The third-order valence-electron chi connectivity index (χ3n) is 2.68. The molecule has 0 aliphatic carbocycles. The van der Waals surface area contributed by atoms with Crippen LogP contribution < -0.4 is 0 Å². The lowest BCUT2D eigenvalue weighted by Gasteiger charge is -2.05. The van der Waals surface area contributed by atoms with Crippen LogP contribution in [0, 0.1) is 10.1 Å². The molecule has 94 valence electrons. The Bertz CT molecular complexity index is 784. The lowest BCUT2D eigenvalue weighted by Crippen LogP contribution is -1.96. The average Bonchev–Trinajstić information content (AvgIpc) is 2.85. The summed E-state index contributed by atoms with van der Waals surface area (Å²) >= 11 is 5.83. The first-order valence-electron chi connectivity index (χ1n) is 5.39. The Labute approximate surface area is 112 Å². The normalized spacial score (nSPS) is 10.8. The minimum atomic E-state index is -0.495. The van der Waals surface area contributed by atoms with E-state index in [4.69, 9.17) is 11.6 Å². The van der Waals surface area contributed by atoms with Gasteiger partial charge < -0.3 is 0 Å². The Morgan fingerprint density at radius 3 is 2.95 bits per heavy atom. The highest BCUT2D eigenvalue weighted by Crippen LogP contribution is 2.25. The minimum absolute atomic E-state index is 0.0846. The molecule has 0 radical (unpaired) electrons.